The lowest BCUT2D eigenvalue weighted by Crippen LogP contribution is -2.13. The number of carbonyl (C=O) groups excluding carboxylic acids is 1. The molecule has 1 N–H and O–H groups in total. The van der Waals surface area contributed by atoms with E-state index >= 15 is 0 Å². The minimum Gasteiger partial charge on any atom is -0.321 e. The molecule has 0 fully saturated rings. The Balaban J connectivity index is 2.09. The van der Waals surface area contributed by atoms with E-state index in [2.05, 4.69) is 10.3 Å². The van der Waals surface area contributed by atoms with Crippen molar-refractivity contribution in [1.82, 2.24) is 4.98 Å². The van der Waals surface area contributed by atoms with Crippen molar-refractivity contribution in [2.75, 3.05) is 11.6 Å². The van der Waals surface area contributed by atoms with E-state index in [0.29, 0.717) is 5.69 Å². The van der Waals surface area contributed by atoms with Gasteiger partial charge in [0, 0.05) is 5.56 Å². The maximum Gasteiger partial charge on any atom is 0.416 e. The molecule has 0 unspecified atom stereocenters. The Morgan fingerprint density at radius 1 is 1.14 bits per heavy atom. The summed E-state index contributed by atoms with van der Waals surface area (Å²) in [6.07, 6.45) is -1.04. The van der Waals surface area contributed by atoms with E-state index in [1.807, 2.05) is 6.26 Å². The Kier molecular flexibility index (Phi) is 4.52. The van der Waals surface area contributed by atoms with Gasteiger partial charge in [-0.3, -0.25) is 4.79 Å². The first-order chi connectivity index (χ1) is 9.90. The number of nitrogens with zero attached hydrogens (tertiary/aromatic N) is 1. The third kappa shape index (κ3) is 3.98. The first-order valence-corrected chi connectivity index (χ1v) is 7.11. The number of nitrogens with one attached hydrogen (secondary N) is 1. The summed E-state index contributed by atoms with van der Waals surface area (Å²) in [4.78, 5) is 16.0. The quantitative estimate of drug-likeness (QED) is 0.869. The lowest BCUT2D eigenvalue weighted by molar-refractivity contribution is -0.137. The first-order valence-electron chi connectivity index (χ1n) is 5.89. The van der Waals surface area contributed by atoms with Crippen LogP contribution in [0.5, 0.6) is 0 Å². The van der Waals surface area contributed by atoms with E-state index in [9.17, 15) is 18.0 Å². The van der Waals surface area contributed by atoms with Crippen LogP contribution in [0.3, 0.4) is 0 Å². The molecule has 0 saturated carbocycles. The number of benzene rings is 1. The number of halogens is 3. The number of pyridine rings is 1. The summed E-state index contributed by atoms with van der Waals surface area (Å²) in [6, 6.07) is 7.46. The molecule has 1 aromatic carbocycles. The molecule has 0 aliphatic carbocycles. The maximum absolute atomic E-state index is 12.4. The first kappa shape index (κ1) is 15.4. The van der Waals surface area contributed by atoms with Crippen molar-refractivity contribution in [3.8, 4) is 0 Å². The number of amides is 1. The molecule has 0 bridgehead atoms. The number of carbonyl (C=O) groups is 1. The van der Waals surface area contributed by atoms with Crippen LogP contribution in [-0.4, -0.2) is 17.1 Å². The van der Waals surface area contributed by atoms with Crippen LogP contribution in [0.1, 0.15) is 15.9 Å². The van der Waals surface area contributed by atoms with Crippen LogP contribution in [0.25, 0.3) is 0 Å². The van der Waals surface area contributed by atoms with Gasteiger partial charge in [0.1, 0.15) is 0 Å². The van der Waals surface area contributed by atoms with Crippen LogP contribution in [0.2, 0.25) is 0 Å². The molecule has 3 nitrogen and oxygen atoms in total. The molecule has 0 atom stereocenters. The Bertz CT molecular complexity index is 624. The zero-order chi connectivity index (χ0) is 15.5. The lowest BCUT2D eigenvalue weighted by Gasteiger charge is -2.08. The zero-order valence-corrected chi connectivity index (χ0v) is 11.8. The second kappa shape index (κ2) is 6.17. The van der Waals surface area contributed by atoms with Crippen LogP contribution in [0.4, 0.5) is 18.9 Å². The minimum absolute atomic E-state index is 0.150. The number of anilines is 1. The monoisotopic (exact) mass is 312 g/mol. The van der Waals surface area contributed by atoms with E-state index in [-0.39, 0.29) is 5.56 Å². The number of hydrogen-bond acceptors (Lipinski definition) is 3. The van der Waals surface area contributed by atoms with Crippen LogP contribution in [0.15, 0.2) is 47.6 Å². The molecule has 0 aliphatic heterocycles. The normalized spacial score (nSPS) is 11.2. The summed E-state index contributed by atoms with van der Waals surface area (Å²) in [5.74, 6) is -0.484. The number of aromatic nitrogens is 1. The summed E-state index contributed by atoms with van der Waals surface area (Å²) in [5.41, 5.74) is -0.153. The van der Waals surface area contributed by atoms with Crippen molar-refractivity contribution < 1.29 is 18.0 Å². The second-order valence-corrected chi connectivity index (χ2v) is 4.94. The highest BCUT2D eigenvalue weighted by molar-refractivity contribution is 7.98. The fraction of sp³-hybridized carbons (Fsp3) is 0.143. The smallest absolute Gasteiger partial charge is 0.321 e. The number of hydrogen-bond donors (Lipinski definition) is 1. The molecule has 2 rings (SSSR count). The van der Waals surface area contributed by atoms with E-state index < -0.39 is 17.6 Å². The highest BCUT2D eigenvalue weighted by Crippen LogP contribution is 2.29. The summed E-state index contributed by atoms with van der Waals surface area (Å²) < 4.78 is 37.3. The second-order valence-electron chi connectivity index (χ2n) is 4.12. The summed E-state index contributed by atoms with van der Waals surface area (Å²) >= 11 is 1.47. The average molecular weight is 312 g/mol. The third-order valence-corrected chi connectivity index (χ3v) is 3.34. The summed E-state index contributed by atoms with van der Waals surface area (Å²) in [6.45, 7) is 0. The van der Waals surface area contributed by atoms with Gasteiger partial charge >= 0.3 is 6.18 Å². The van der Waals surface area contributed by atoms with Gasteiger partial charge in [-0.15, -0.1) is 11.8 Å². The van der Waals surface area contributed by atoms with Crippen molar-refractivity contribution in [2.24, 2.45) is 0 Å². The average Bonchev–Trinajstić information content (AvgIpc) is 2.47. The molecule has 110 valence electrons. The molecule has 2 aromatic rings. The number of rotatable bonds is 3. The van der Waals surface area contributed by atoms with Gasteiger partial charge in [0.15, 0.2) is 0 Å². The molecule has 21 heavy (non-hydrogen) atoms. The van der Waals surface area contributed by atoms with E-state index in [0.717, 1.165) is 29.3 Å². The molecular formula is C14H11F3N2OS. The topological polar surface area (TPSA) is 42.0 Å². The molecule has 7 heteroatoms. The van der Waals surface area contributed by atoms with Crippen molar-refractivity contribution in [1.29, 1.82) is 0 Å². The highest BCUT2D eigenvalue weighted by Gasteiger charge is 2.30. The fourth-order valence-electron chi connectivity index (χ4n) is 1.59. The van der Waals surface area contributed by atoms with Gasteiger partial charge in [0.05, 0.1) is 22.5 Å². The largest absolute Gasteiger partial charge is 0.416 e. The Morgan fingerprint density at radius 3 is 2.29 bits per heavy atom. The van der Waals surface area contributed by atoms with Crippen LogP contribution >= 0.6 is 11.8 Å². The standard InChI is InChI=1S/C14H11F3N2OS/c1-21-12-7-6-11(8-18-12)19-13(20)9-2-4-10(5-3-9)14(15,16)17/h2-8H,1H3,(H,19,20). The Labute approximate surface area is 123 Å². The van der Waals surface area contributed by atoms with Crippen molar-refractivity contribution in [3.05, 3.63) is 53.7 Å². The van der Waals surface area contributed by atoms with Gasteiger partial charge in [-0.1, -0.05) is 0 Å². The van der Waals surface area contributed by atoms with Gasteiger partial charge in [-0.2, -0.15) is 13.2 Å². The van der Waals surface area contributed by atoms with Gasteiger partial charge in [0.25, 0.3) is 5.91 Å². The van der Waals surface area contributed by atoms with Gasteiger partial charge in [-0.05, 0) is 42.7 Å². The predicted octanol–water partition coefficient (Wildman–Crippen LogP) is 4.07. The van der Waals surface area contributed by atoms with Crippen LogP contribution in [-0.2, 0) is 6.18 Å². The Morgan fingerprint density at radius 2 is 1.81 bits per heavy atom. The highest BCUT2D eigenvalue weighted by atomic mass is 32.2. The van der Waals surface area contributed by atoms with Crippen molar-refractivity contribution >= 4 is 23.4 Å². The van der Waals surface area contributed by atoms with E-state index in [1.54, 1.807) is 12.1 Å². The van der Waals surface area contributed by atoms with Gasteiger partial charge < -0.3 is 5.32 Å². The lowest BCUT2D eigenvalue weighted by atomic mass is 10.1. The number of thioether (sulfide) groups is 1. The minimum atomic E-state index is -4.41. The van der Waals surface area contributed by atoms with Crippen molar-refractivity contribution in [2.45, 2.75) is 11.2 Å². The maximum atomic E-state index is 12.4. The molecule has 1 heterocycles. The van der Waals surface area contributed by atoms with E-state index in [1.165, 1.54) is 18.0 Å². The SMILES string of the molecule is CSc1ccc(NC(=O)c2ccc(C(F)(F)F)cc2)cn1. The fourth-order valence-corrected chi connectivity index (χ4v) is 1.95. The van der Waals surface area contributed by atoms with Gasteiger partial charge in [-0.25, -0.2) is 4.98 Å². The number of alkyl halides is 3. The molecule has 1 amide bonds. The molecule has 0 saturated heterocycles. The van der Waals surface area contributed by atoms with Gasteiger partial charge in [0.2, 0.25) is 0 Å². The summed E-state index contributed by atoms with van der Waals surface area (Å²) in [5, 5.41) is 3.38. The zero-order valence-electron chi connectivity index (χ0n) is 10.9. The van der Waals surface area contributed by atoms with E-state index in [4.69, 9.17) is 0 Å². The molecule has 0 spiro atoms. The predicted molar refractivity (Wildman–Crippen MR) is 75.4 cm³/mol. The van der Waals surface area contributed by atoms with Crippen LogP contribution in [0, 0.1) is 0 Å². The Hall–Kier alpha value is -2.02. The third-order valence-electron chi connectivity index (χ3n) is 2.68. The van der Waals surface area contributed by atoms with Crippen molar-refractivity contribution in [3.63, 3.8) is 0 Å². The molecule has 1 aromatic heterocycles. The van der Waals surface area contributed by atoms with Crippen LogP contribution < -0.4 is 5.32 Å². The summed E-state index contributed by atoms with van der Waals surface area (Å²) in [7, 11) is 0. The molecule has 0 radical (unpaired) electrons. The molecular weight excluding hydrogens is 301 g/mol. The molecule has 0 aliphatic rings.